The van der Waals surface area contributed by atoms with Crippen molar-refractivity contribution in [3.05, 3.63) is 58.9 Å². The van der Waals surface area contributed by atoms with Gasteiger partial charge < -0.3 is 10.1 Å². The van der Waals surface area contributed by atoms with Crippen LogP contribution in [-0.4, -0.2) is 11.5 Å². The summed E-state index contributed by atoms with van der Waals surface area (Å²) < 4.78 is 5.86. The van der Waals surface area contributed by atoms with E-state index in [4.69, 9.17) is 4.74 Å². The van der Waals surface area contributed by atoms with Gasteiger partial charge in [-0.2, -0.15) is 0 Å². The lowest BCUT2D eigenvalue weighted by Crippen LogP contribution is -2.14. The quantitative estimate of drug-likeness (QED) is 0.786. The van der Waals surface area contributed by atoms with E-state index in [1.54, 1.807) is 0 Å². The van der Waals surface area contributed by atoms with Gasteiger partial charge in [0.2, 0.25) is 0 Å². The zero-order valence-electron chi connectivity index (χ0n) is 13.1. The zero-order chi connectivity index (χ0) is 15.1. The summed E-state index contributed by atoms with van der Waals surface area (Å²) in [7, 11) is 0. The maximum absolute atomic E-state index is 5.86. The lowest BCUT2D eigenvalue weighted by Gasteiger charge is -2.11. The smallest absolute Gasteiger partial charge is 0.130 e. The first kappa shape index (κ1) is 15.5. The van der Waals surface area contributed by atoms with Gasteiger partial charge in [-0.3, -0.25) is 4.98 Å². The van der Waals surface area contributed by atoms with Crippen LogP contribution in [-0.2, 0) is 13.2 Å². The summed E-state index contributed by atoms with van der Waals surface area (Å²) in [5, 5.41) is 3.37. The van der Waals surface area contributed by atoms with E-state index in [1.165, 1.54) is 16.7 Å². The second-order valence-electron chi connectivity index (χ2n) is 5.32. The van der Waals surface area contributed by atoms with Crippen molar-refractivity contribution < 1.29 is 4.74 Å². The molecular weight excluding hydrogens is 260 g/mol. The van der Waals surface area contributed by atoms with Gasteiger partial charge in [0.05, 0.1) is 5.69 Å². The number of nitrogens with one attached hydrogen (secondary N) is 1. The molecule has 1 N–H and O–H groups in total. The number of aromatic nitrogens is 1. The van der Waals surface area contributed by atoms with Crippen LogP contribution in [0, 0.1) is 13.8 Å². The summed E-state index contributed by atoms with van der Waals surface area (Å²) in [5.74, 6) is 0.936. The van der Waals surface area contributed by atoms with Crippen LogP contribution in [0.5, 0.6) is 5.75 Å². The largest absolute Gasteiger partial charge is 0.487 e. The molecule has 0 aliphatic heterocycles. The average molecular weight is 284 g/mol. The van der Waals surface area contributed by atoms with Crippen LogP contribution in [0.2, 0.25) is 0 Å². The Morgan fingerprint density at radius 1 is 1.14 bits per heavy atom. The molecule has 0 aliphatic carbocycles. The molecule has 0 amide bonds. The van der Waals surface area contributed by atoms with Crippen LogP contribution in [0.3, 0.4) is 0 Å². The molecule has 1 aromatic heterocycles. The second-order valence-corrected chi connectivity index (χ2v) is 5.32. The predicted molar refractivity (Wildman–Crippen MR) is 86.5 cm³/mol. The molecule has 0 aliphatic rings. The van der Waals surface area contributed by atoms with Gasteiger partial charge in [-0.05, 0) is 55.6 Å². The third kappa shape index (κ3) is 4.57. The highest BCUT2D eigenvalue weighted by Crippen LogP contribution is 2.21. The van der Waals surface area contributed by atoms with E-state index < -0.39 is 0 Å². The van der Waals surface area contributed by atoms with Crippen LogP contribution in [0.1, 0.15) is 35.7 Å². The molecule has 2 rings (SSSR count). The minimum Gasteiger partial charge on any atom is -0.487 e. The molecule has 2 aromatic rings. The standard InChI is InChI=1S/C18H24N2O/c1-4-10-19-11-16-8-9-17(20-12-16)13-21-18-7-5-6-14(2)15(18)3/h5-9,12,19H,4,10-11,13H2,1-3H3. The molecule has 3 nitrogen and oxygen atoms in total. The van der Waals surface area contributed by atoms with E-state index in [9.17, 15) is 0 Å². The van der Waals surface area contributed by atoms with Crippen LogP contribution in [0.4, 0.5) is 0 Å². The molecule has 1 aromatic carbocycles. The first-order valence-corrected chi connectivity index (χ1v) is 7.54. The Kier molecular flexibility index (Phi) is 5.76. The predicted octanol–water partition coefficient (Wildman–Crippen LogP) is 3.78. The van der Waals surface area contributed by atoms with E-state index in [2.05, 4.69) is 43.2 Å². The Morgan fingerprint density at radius 2 is 2.00 bits per heavy atom. The van der Waals surface area contributed by atoms with Crippen molar-refractivity contribution in [1.82, 2.24) is 10.3 Å². The summed E-state index contributed by atoms with van der Waals surface area (Å²) >= 11 is 0. The average Bonchev–Trinajstić information content (AvgIpc) is 2.50. The maximum Gasteiger partial charge on any atom is 0.130 e. The van der Waals surface area contributed by atoms with Gasteiger partial charge in [0.25, 0.3) is 0 Å². The molecule has 3 heteroatoms. The van der Waals surface area contributed by atoms with Gasteiger partial charge in [0.1, 0.15) is 12.4 Å². The summed E-state index contributed by atoms with van der Waals surface area (Å²) in [6.45, 7) is 8.77. The number of rotatable bonds is 7. The molecule has 1 heterocycles. The number of pyridine rings is 1. The van der Waals surface area contributed by atoms with Crippen LogP contribution in [0.25, 0.3) is 0 Å². The third-order valence-corrected chi connectivity index (χ3v) is 3.57. The van der Waals surface area contributed by atoms with Crippen LogP contribution < -0.4 is 10.1 Å². The molecule has 0 unspecified atom stereocenters. The third-order valence-electron chi connectivity index (χ3n) is 3.57. The SMILES string of the molecule is CCCNCc1ccc(COc2cccc(C)c2C)nc1. The van der Waals surface area contributed by atoms with Crippen LogP contribution in [0.15, 0.2) is 36.5 Å². The summed E-state index contributed by atoms with van der Waals surface area (Å²) in [4.78, 5) is 4.46. The number of ether oxygens (including phenoxy) is 1. The molecule has 0 atom stereocenters. The Balaban J connectivity index is 1.90. The van der Waals surface area contributed by atoms with E-state index in [0.29, 0.717) is 6.61 Å². The van der Waals surface area contributed by atoms with Crippen molar-refractivity contribution in [3.63, 3.8) is 0 Å². The first-order chi connectivity index (χ1) is 10.2. The maximum atomic E-state index is 5.86. The van der Waals surface area contributed by atoms with E-state index in [-0.39, 0.29) is 0 Å². The first-order valence-electron chi connectivity index (χ1n) is 7.54. The second kappa shape index (κ2) is 7.79. The molecule has 0 saturated carbocycles. The van der Waals surface area contributed by atoms with Crippen molar-refractivity contribution in [2.75, 3.05) is 6.54 Å². The monoisotopic (exact) mass is 284 g/mol. The van der Waals surface area contributed by atoms with Crippen molar-refractivity contribution in [2.45, 2.75) is 40.3 Å². The van der Waals surface area contributed by atoms with E-state index in [1.807, 2.05) is 24.4 Å². The molecule has 0 spiro atoms. The topological polar surface area (TPSA) is 34.1 Å². The molecule has 0 bridgehead atoms. The number of hydrogen-bond donors (Lipinski definition) is 1. The fraction of sp³-hybridized carbons (Fsp3) is 0.389. The lowest BCUT2D eigenvalue weighted by atomic mass is 10.1. The molecule has 21 heavy (non-hydrogen) atoms. The summed E-state index contributed by atoms with van der Waals surface area (Å²) in [6.07, 6.45) is 3.07. The highest BCUT2D eigenvalue weighted by molar-refractivity contribution is 5.38. The van der Waals surface area contributed by atoms with Gasteiger partial charge >= 0.3 is 0 Å². The number of hydrogen-bond acceptors (Lipinski definition) is 3. The normalized spacial score (nSPS) is 10.6. The number of benzene rings is 1. The van der Waals surface area contributed by atoms with Gasteiger partial charge in [0.15, 0.2) is 0 Å². The Morgan fingerprint density at radius 3 is 2.71 bits per heavy atom. The van der Waals surface area contributed by atoms with Gasteiger partial charge in [-0.15, -0.1) is 0 Å². The Bertz CT molecular complexity index is 564. The molecule has 0 radical (unpaired) electrons. The molecule has 0 fully saturated rings. The minimum atomic E-state index is 0.507. The van der Waals surface area contributed by atoms with Gasteiger partial charge in [0, 0.05) is 12.7 Å². The number of nitrogens with zero attached hydrogens (tertiary/aromatic N) is 1. The van der Waals surface area contributed by atoms with Gasteiger partial charge in [-0.1, -0.05) is 25.1 Å². The fourth-order valence-electron chi connectivity index (χ4n) is 2.09. The van der Waals surface area contributed by atoms with Gasteiger partial charge in [-0.25, -0.2) is 0 Å². The van der Waals surface area contributed by atoms with Crippen molar-refractivity contribution in [1.29, 1.82) is 0 Å². The summed E-state index contributed by atoms with van der Waals surface area (Å²) in [6, 6.07) is 10.3. The van der Waals surface area contributed by atoms with E-state index in [0.717, 1.165) is 31.0 Å². The molecular formula is C18H24N2O. The van der Waals surface area contributed by atoms with Crippen molar-refractivity contribution >= 4 is 0 Å². The van der Waals surface area contributed by atoms with Crippen molar-refractivity contribution in [2.24, 2.45) is 0 Å². The lowest BCUT2D eigenvalue weighted by molar-refractivity contribution is 0.299. The zero-order valence-corrected chi connectivity index (χ0v) is 13.1. The summed E-state index contributed by atoms with van der Waals surface area (Å²) in [5.41, 5.74) is 4.60. The minimum absolute atomic E-state index is 0.507. The molecule has 112 valence electrons. The fourth-order valence-corrected chi connectivity index (χ4v) is 2.09. The highest BCUT2D eigenvalue weighted by Gasteiger charge is 2.03. The number of aryl methyl sites for hydroxylation is 1. The Labute approximate surface area is 127 Å². The van der Waals surface area contributed by atoms with Crippen molar-refractivity contribution in [3.8, 4) is 5.75 Å². The highest BCUT2D eigenvalue weighted by atomic mass is 16.5. The van der Waals surface area contributed by atoms with E-state index >= 15 is 0 Å². The molecule has 0 saturated heterocycles. The Hall–Kier alpha value is -1.87. The van der Waals surface area contributed by atoms with Crippen LogP contribution >= 0.6 is 0 Å².